The predicted octanol–water partition coefficient (Wildman–Crippen LogP) is 6.06. The molecule has 0 bridgehead atoms. The summed E-state index contributed by atoms with van der Waals surface area (Å²) in [6.07, 6.45) is 8.23. The number of amides is 1. The summed E-state index contributed by atoms with van der Waals surface area (Å²) < 4.78 is 20.1. The summed E-state index contributed by atoms with van der Waals surface area (Å²) in [6, 6.07) is 19.7. The molecule has 0 aliphatic heterocycles. The summed E-state index contributed by atoms with van der Waals surface area (Å²) in [7, 11) is 0. The predicted molar refractivity (Wildman–Crippen MR) is 141 cm³/mol. The van der Waals surface area contributed by atoms with E-state index in [-0.39, 0.29) is 0 Å². The van der Waals surface area contributed by atoms with Crippen molar-refractivity contribution in [3.63, 3.8) is 0 Å². The lowest BCUT2D eigenvalue weighted by Gasteiger charge is -2.16. The van der Waals surface area contributed by atoms with Crippen LogP contribution in [0.4, 0.5) is 4.39 Å². The highest BCUT2D eigenvalue weighted by atomic mass is 19.1. The van der Waals surface area contributed by atoms with Crippen molar-refractivity contribution in [2.45, 2.75) is 32.6 Å². The third-order valence-electron chi connectivity index (χ3n) is 5.90. The fourth-order valence-corrected chi connectivity index (χ4v) is 4.17. The van der Waals surface area contributed by atoms with E-state index >= 15 is 0 Å². The summed E-state index contributed by atoms with van der Waals surface area (Å²) in [5.74, 6) is -0.340. The van der Waals surface area contributed by atoms with Crippen LogP contribution in [-0.4, -0.2) is 27.7 Å². The first-order valence-corrected chi connectivity index (χ1v) is 12.0. The van der Waals surface area contributed by atoms with Crippen molar-refractivity contribution in [3.05, 3.63) is 102 Å². The summed E-state index contributed by atoms with van der Waals surface area (Å²) >= 11 is 0. The highest BCUT2D eigenvalue weighted by Crippen LogP contribution is 2.35. The van der Waals surface area contributed by atoms with Gasteiger partial charge in [-0.1, -0.05) is 49.4 Å². The van der Waals surface area contributed by atoms with Crippen molar-refractivity contribution in [1.29, 1.82) is 0 Å². The second-order valence-electron chi connectivity index (χ2n) is 8.38. The van der Waals surface area contributed by atoms with E-state index < -0.39 is 11.9 Å². The van der Waals surface area contributed by atoms with Crippen LogP contribution in [0.1, 0.15) is 49.3 Å². The molecular formula is C29H29FN4O2. The number of rotatable bonds is 11. The Morgan fingerprint density at radius 1 is 1.06 bits per heavy atom. The van der Waals surface area contributed by atoms with Gasteiger partial charge in [0.15, 0.2) is 0 Å². The molecule has 4 rings (SSSR count). The number of carbonyl (C=O) groups is 1. The Bertz CT molecular complexity index is 1380. The zero-order valence-electron chi connectivity index (χ0n) is 20.2. The van der Waals surface area contributed by atoms with Gasteiger partial charge in [-0.3, -0.25) is 9.89 Å². The number of benzene rings is 2. The van der Waals surface area contributed by atoms with Gasteiger partial charge in [-0.15, -0.1) is 0 Å². The quantitative estimate of drug-likeness (QED) is 0.154. The number of carbonyl (C=O) groups excluding carboxylic acids is 1. The lowest BCUT2D eigenvalue weighted by molar-refractivity contribution is -0.113. The number of aromatic amines is 1. The minimum Gasteiger partial charge on any atom is -0.478 e. The van der Waals surface area contributed by atoms with Crippen LogP contribution in [-0.2, 0) is 4.79 Å². The highest BCUT2D eigenvalue weighted by Gasteiger charge is 2.16. The third kappa shape index (κ3) is 6.05. The summed E-state index contributed by atoms with van der Waals surface area (Å²) in [4.78, 5) is 15.3. The number of nitrogens with one attached hydrogen (secondary N) is 1. The van der Waals surface area contributed by atoms with Crippen LogP contribution in [0.5, 0.6) is 5.88 Å². The number of halogens is 1. The first kappa shape index (κ1) is 24.9. The Kier molecular flexibility index (Phi) is 8.24. The van der Waals surface area contributed by atoms with Crippen LogP contribution in [0.15, 0.2) is 79.0 Å². The molecule has 0 aliphatic rings. The van der Waals surface area contributed by atoms with E-state index in [0.29, 0.717) is 23.4 Å². The molecule has 184 valence electrons. The van der Waals surface area contributed by atoms with Crippen LogP contribution in [0, 0.1) is 5.95 Å². The van der Waals surface area contributed by atoms with E-state index in [1.54, 1.807) is 12.3 Å². The van der Waals surface area contributed by atoms with Crippen molar-refractivity contribution in [1.82, 2.24) is 15.2 Å². The maximum atomic E-state index is 14.3. The van der Waals surface area contributed by atoms with Crippen molar-refractivity contribution < 1.29 is 13.9 Å². The molecule has 0 atom stereocenters. The van der Waals surface area contributed by atoms with Gasteiger partial charge in [0.1, 0.15) is 0 Å². The minimum absolute atomic E-state index is 0.433. The molecule has 0 radical (unpaired) electrons. The van der Waals surface area contributed by atoms with Crippen LogP contribution < -0.4 is 10.5 Å². The molecule has 4 aromatic rings. The van der Waals surface area contributed by atoms with Gasteiger partial charge in [0.25, 0.3) is 0 Å². The highest BCUT2D eigenvalue weighted by molar-refractivity contribution is 6.00. The molecule has 7 heteroatoms. The zero-order chi connectivity index (χ0) is 25.3. The van der Waals surface area contributed by atoms with Gasteiger partial charge < -0.3 is 10.5 Å². The number of hydrogen-bond acceptors (Lipinski definition) is 4. The van der Waals surface area contributed by atoms with E-state index in [2.05, 4.69) is 34.2 Å². The van der Waals surface area contributed by atoms with E-state index in [1.807, 2.05) is 48.5 Å². The second kappa shape index (κ2) is 11.9. The summed E-state index contributed by atoms with van der Waals surface area (Å²) in [6.45, 7) is 2.64. The monoisotopic (exact) mass is 484 g/mol. The molecule has 1 amide bonds. The van der Waals surface area contributed by atoms with Crippen molar-refractivity contribution >= 4 is 28.0 Å². The number of nitrogens with two attached hydrogens (primary N) is 1. The molecule has 2 aromatic carbocycles. The fourth-order valence-electron chi connectivity index (χ4n) is 4.17. The van der Waals surface area contributed by atoms with Gasteiger partial charge in [0, 0.05) is 17.8 Å². The smallest absolute Gasteiger partial charge is 0.241 e. The standard InChI is InChI=1S/C29H29FN4O2/c1-2-23(20-10-6-5-7-11-20)28(21-13-15-25-24(18-21)29(30)34-33-25)22-14-16-27(32-19-22)36-17-9-4-3-8-12-26(31)35/h5-8,10-16,18-19H,2-4,9,17H2,1H3,(H2,31,35)(H,33,34)/b12-8+,28-23-. The fraction of sp³-hybridized carbons (Fsp3) is 0.207. The van der Waals surface area contributed by atoms with Crippen LogP contribution in [0.3, 0.4) is 0 Å². The number of hydrogen-bond donors (Lipinski definition) is 2. The van der Waals surface area contributed by atoms with Crippen molar-refractivity contribution in [2.75, 3.05) is 6.61 Å². The Morgan fingerprint density at radius 3 is 2.58 bits per heavy atom. The molecule has 3 N–H and O–H groups in total. The van der Waals surface area contributed by atoms with Crippen LogP contribution >= 0.6 is 0 Å². The molecule has 6 nitrogen and oxygen atoms in total. The van der Waals surface area contributed by atoms with Gasteiger partial charge in [0.05, 0.1) is 17.5 Å². The Balaban J connectivity index is 1.60. The Labute approximate surface area is 209 Å². The average molecular weight is 485 g/mol. The zero-order valence-corrected chi connectivity index (χ0v) is 20.2. The maximum Gasteiger partial charge on any atom is 0.241 e. The van der Waals surface area contributed by atoms with Crippen LogP contribution in [0.2, 0.25) is 0 Å². The molecular weight excluding hydrogens is 455 g/mol. The molecule has 0 spiro atoms. The number of nitrogens with zero attached hydrogens (tertiary/aromatic N) is 2. The number of pyridine rings is 1. The molecule has 0 saturated carbocycles. The summed E-state index contributed by atoms with van der Waals surface area (Å²) in [5, 5.41) is 6.89. The number of H-pyrrole nitrogens is 1. The van der Waals surface area contributed by atoms with E-state index in [9.17, 15) is 9.18 Å². The Hall–Kier alpha value is -4.26. The van der Waals surface area contributed by atoms with E-state index in [1.165, 1.54) is 6.08 Å². The van der Waals surface area contributed by atoms with Crippen LogP contribution in [0.25, 0.3) is 22.0 Å². The molecule has 0 aliphatic carbocycles. The number of fused-ring (bicyclic) bond motifs is 1. The lowest BCUT2D eigenvalue weighted by Crippen LogP contribution is -2.05. The normalized spacial score (nSPS) is 12.2. The lowest BCUT2D eigenvalue weighted by atomic mass is 9.88. The van der Waals surface area contributed by atoms with E-state index in [4.69, 9.17) is 10.5 Å². The minimum atomic E-state index is -0.448. The van der Waals surface area contributed by atoms with Crippen molar-refractivity contribution in [3.8, 4) is 5.88 Å². The average Bonchev–Trinajstić information content (AvgIpc) is 3.27. The summed E-state index contributed by atoms with van der Waals surface area (Å²) in [5.41, 5.74) is 10.7. The number of primary amides is 1. The molecule has 0 unspecified atom stereocenters. The largest absolute Gasteiger partial charge is 0.478 e. The Morgan fingerprint density at radius 2 is 1.86 bits per heavy atom. The third-order valence-corrected chi connectivity index (χ3v) is 5.90. The molecule has 2 heterocycles. The van der Waals surface area contributed by atoms with E-state index in [0.717, 1.165) is 53.5 Å². The topological polar surface area (TPSA) is 93.9 Å². The maximum absolute atomic E-state index is 14.3. The number of aromatic nitrogens is 3. The second-order valence-corrected chi connectivity index (χ2v) is 8.38. The first-order chi connectivity index (χ1) is 17.6. The first-order valence-electron chi connectivity index (χ1n) is 12.0. The SMILES string of the molecule is CC/C(=C(/c1ccc(OCCCC/C=C/C(N)=O)nc1)c1ccc2n[nH]c(F)c2c1)c1ccccc1. The number of allylic oxidation sites excluding steroid dienone is 2. The number of ether oxygens (including phenoxy) is 1. The number of unbranched alkanes of at least 4 members (excludes halogenated alkanes) is 2. The van der Waals surface area contributed by atoms with Gasteiger partial charge in [-0.05, 0) is 72.2 Å². The van der Waals surface area contributed by atoms with Crippen molar-refractivity contribution in [2.24, 2.45) is 5.73 Å². The van der Waals surface area contributed by atoms with Gasteiger partial charge in [0.2, 0.25) is 17.7 Å². The molecule has 36 heavy (non-hydrogen) atoms. The molecule has 0 saturated heterocycles. The molecule has 2 aromatic heterocycles. The van der Waals surface area contributed by atoms with Gasteiger partial charge >= 0.3 is 0 Å². The van der Waals surface area contributed by atoms with Gasteiger partial charge in [-0.25, -0.2) is 4.98 Å². The van der Waals surface area contributed by atoms with Gasteiger partial charge in [-0.2, -0.15) is 9.49 Å². The molecule has 0 fully saturated rings.